The van der Waals surface area contributed by atoms with Gasteiger partial charge in [-0.15, -0.1) is 0 Å². The maximum Gasteiger partial charge on any atom is 0.170 e. The number of para-hydroxylation sites is 1. The van der Waals surface area contributed by atoms with Crippen LogP contribution in [0.1, 0.15) is 23.8 Å². The van der Waals surface area contributed by atoms with Crippen molar-refractivity contribution in [2.45, 2.75) is 12.5 Å². The summed E-state index contributed by atoms with van der Waals surface area (Å²) in [6.45, 7) is 1.57. The number of fused-ring (bicyclic) bond motifs is 1. The van der Waals surface area contributed by atoms with E-state index in [1.54, 1.807) is 49.4 Å². The van der Waals surface area contributed by atoms with E-state index in [2.05, 4.69) is 0 Å². The smallest absolute Gasteiger partial charge is 0.170 e. The highest BCUT2D eigenvalue weighted by Crippen LogP contribution is 2.34. The third-order valence-corrected chi connectivity index (χ3v) is 3.55. The van der Waals surface area contributed by atoms with Crippen LogP contribution in [0.25, 0.3) is 11.0 Å². The van der Waals surface area contributed by atoms with Crippen LogP contribution in [0.3, 0.4) is 0 Å². The van der Waals surface area contributed by atoms with Gasteiger partial charge in [0.15, 0.2) is 11.4 Å². The largest absolute Gasteiger partial charge is 0.455 e. The molecular formula is C17H12FNO2. The topological polar surface area (TPSA) is 57.2 Å². The number of hydrogen-bond acceptors (Lipinski definition) is 3. The average Bonchev–Trinajstić information content (AvgIpc) is 2.94. The standard InChI is InChI=1S/C17H12FNO2/c1-17(20,13-7-5-11(10-19)6-8-13)15-9-12-3-2-4-14(18)16(12)21-15/h2-9,20H,1H3. The van der Waals surface area contributed by atoms with E-state index in [0.717, 1.165) is 0 Å². The van der Waals surface area contributed by atoms with Gasteiger partial charge in [-0.25, -0.2) is 4.39 Å². The van der Waals surface area contributed by atoms with Crippen molar-refractivity contribution in [3.8, 4) is 6.07 Å². The van der Waals surface area contributed by atoms with Gasteiger partial charge in [0.25, 0.3) is 0 Å². The van der Waals surface area contributed by atoms with Gasteiger partial charge in [0.05, 0.1) is 11.6 Å². The molecule has 0 fully saturated rings. The van der Waals surface area contributed by atoms with Crippen molar-refractivity contribution in [1.82, 2.24) is 0 Å². The number of halogens is 1. The van der Waals surface area contributed by atoms with E-state index in [4.69, 9.17) is 9.68 Å². The Labute approximate surface area is 120 Å². The summed E-state index contributed by atoms with van der Waals surface area (Å²) in [5.74, 6) is -0.207. The normalized spacial score (nSPS) is 13.8. The van der Waals surface area contributed by atoms with Crippen molar-refractivity contribution >= 4 is 11.0 Å². The summed E-state index contributed by atoms with van der Waals surface area (Å²) in [5.41, 5.74) is -0.202. The summed E-state index contributed by atoms with van der Waals surface area (Å²) in [5, 5.41) is 20.1. The molecule has 1 aromatic heterocycles. The Kier molecular flexibility index (Phi) is 3.00. The number of hydrogen-bond donors (Lipinski definition) is 1. The van der Waals surface area contributed by atoms with Gasteiger partial charge in [-0.3, -0.25) is 0 Å². The molecule has 0 saturated heterocycles. The summed E-state index contributed by atoms with van der Waals surface area (Å²) in [6, 6.07) is 14.8. The van der Waals surface area contributed by atoms with E-state index in [-0.39, 0.29) is 11.3 Å². The molecule has 0 amide bonds. The molecule has 3 nitrogen and oxygen atoms in total. The highest BCUT2D eigenvalue weighted by molar-refractivity contribution is 5.78. The molecule has 1 N–H and O–H groups in total. The highest BCUT2D eigenvalue weighted by atomic mass is 19.1. The molecule has 0 spiro atoms. The molecule has 0 saturated carbocycles. The molecule has 0 bridgehead atoms. The van der Waals surface area contributed by atoms with E-state index in [1.807, 2.05) is 6.07 Å². The molecule has 1 atom stereocenters. The fourth-order valence-corrected chi connectivity index (χ4v) is 2.28. The van der Waals surface area contributed by atoms with Crippen molar-refractivity contribution < 1.29 is 13.9 Å². The zero-order chi connectivity index (χ0) is 15.0. The summed E-state index contributed by atoms with van der Waals surface area (Å²) in [6.07, 6.45) is 0. The molecule has 0 aliphatic carbocycles. The fraction of sp³-hybridized carbons (Fsp3) is 0.118. The minimum atomic E-state index is -1.40. The Morgan fingerprint density at radius 3 is 2.52 bits per heavy atom. The Morgan fingerprint density at radius 2 is 1.90 bits per heavy atom. The van der Waals surface area contributed by atoms with E-state index < -0.39 is 11.4 Å². The van der Waals surface area contributed by atoms with Gasteiger partial charge in [-0.2, -0.15) is 5.26 Å². The Balaban J connectivity index is 2.10. The SMILES string of the molecule is CC(O)(c1ccc(C#N)cc1)c1cc2cccc(F)c2o1. The van der Waals surface area contributed by atoms with Gasteiger partial charge in [-0.1, -0.05) is 24.3 Å². The second kappa shape index (κ2) is 4.72. The average molecular weight is 281 g/mol. The third-order valence-electron chi connectivity index (χ3n) is 3.55. The summed E-state index contributed by atoms with van der Waals surface area (Å²) in [4.78, 5) is 0. The van der Waals surface area contributed by atoms with E-state index in [0.29, 0.717) is 16.5 Å². The van der Waals surface area contributed by atoms with Crippen LogP contribution in [0.15, 0.2) is 52.9 Å². The molecule has 3 rings (SSSR count). The summed E-state index contributed by atoms with van der Waals surface area (Å²) in [7, 11) is 0. The number of aliphatic hydroxyl groups is 1. The molecule has 0 aliphatic rings. The number of benzene rings is 2. The summed E-state index contributed by atoms with van der Waals surface area (Å²) < 4.78 is 19.2. The van der Waals surface area contributed by atoms with Crippen LogP contribution in [0.5, 0.6) is 0 Å². The Bertz CT molecular complexity index is 841. The monoisotopic (exact) mass is 281 g/mol. The quantitative estimate of drug-likeness (QED) is 0.779. The maximum absolute atomic E-state index is 13.7. The van der Waals surface area contributed by atoms with Crippen LogP contribution in [0, 0.1) is 17.1 Å². The third kappa shape index (κ3) is 2.18. The zero-order valence-corrected chi connectivity index (χ0v) is 11.3. The minimum Gasteiger partial charge on any atom is -0.455 e. The van der Waals surface area contributed by atoms with Crippen LogP contribution in [0.4, 0.5) is 4.39 Å². The molecule has 2 aromatic carbocycles. The molecule has 21 heavy (non-hydrogen) atoms. The van der Waals surface area contributed by atoms with Crippen molar-refractivity contribution in [1.29, 1.82) is 5.26 Å². The van der Waals surface area contributed by atoms with Gasteiger partial charge in [0.2, 0.25) is 0 Å². The first-order chi connectivity index (χ1) is 10.0. The van der Waals surface area contributed by atoms with Gasteiger partial charge in [0.1, 0.15) is 11.4 Å². The van der Waals surface area contributed by atoms with E-state index >= 15 is 0 Å². The number of rotatable bonds is 2. The summed E-state index contributed by atoms with van der Waals surface area (Å²) >= 11 is 0. The van der Waals surface area contributed by atoms with Crippen molar-refractivity contribution in [2.75, 3.05) is 0 Å². The number of furan rings is 1. The van der Waals surface area contributed by atoms with Crippen LogP contribution in [0.2, 0.25) is 0 Å². The van der Waals surface area contributed by atoms with Crippen LogP contribution >= 0.6 is 0 Å². The fourth-order valence-electron chi connectivity index (χ4n) is 2.28. The second-order valence-electron chi connectivity index (χ2n) is 5.03. The van der Waals surface area contributed by atoms with Crippen molar-refractivity contribution in [3.63, 3.8) is 0 Å². The molecule has 104 valence electrons. The lowest BCUT2D eigenvalue weighted by molar-refractivity contribution is 0.0784. The first-order valence-corrected chi connectivity index (χ1v) is 6.44. The lowest BCUT2D eigenvalue weighted by Crippen LogP contribution is -2.21. The molecule has 1 heterocycles. The van der Waals surface area contributed by atoms with E-state index in [9.17, 15) is 9.50 Å². The molecular weight excluding hydrogens is 269 g/mol. The van der Waals surface area contributed by atoms with Gasteiger partial charge in [0, 0.05) is 5.39 Å². The molecule has 3 aromatic rings. The molecule has 0 aliphatic heterocycles. The number of nitriles is 1. The first kappa shape index (κ1) is 13.3. The molecule has 0 radical (unpaired) electrons. The van der Waals surface area contributed by atoms with Gasteiger partial charge >= 0.3 is 0 Å². The van der Waals surface area contributed by atoms with Gasteiger partial charge in [-0.05, 0) is 36.8 Å². The Hall–Kier alpha value is -2.64. The molecule has 4 heteroatoms. The maximum atomic E-state index is 13.7. The second-order valence-corrected chi connectivity index (χ2v) is 5.03. The predicted molar refractivity (Wildman–Crippen MR) is 76.0 cm³/mol. The van der Waals surface area contributed by atoms with Gasteiger partial charge < -0.3 is 9.52 Å². The number of nitrogens with zero attached hydrogens (tertiary/aromatic N) is 1. The first-order valence-electron chi connectivity index (χ1n) is 6.44. The minimum absolute atomic E-state index is 0.126. The highest BCUT2D eigenvalue weighted by Gasteiger charge is 2.30. The molecule has 1 unspecified atom stereocenters. The van der Waals surface area contributed by atoms with Crippen molar-refractivity contribution in [2.24, 2.45) is 0 Å². The van der Waals surface area contributed by atoms with E-state index in [1.165, 1.54) is 6.07 Å². The Morgan fingerprint density at radius 1 is 1.19 bits per heavy atom. The lowest BCUT2D eigenvalue weighted by atomic mass is 9.92. The zero-order valence-electron chi connectivity index (χ0n) is 11.3. The van der Waals surface area contributed by atoms with Crippen molar-refractivity contribution in [3.05, 3.63) is 71.2 Å². The van der Waals surface area contributed by atoms with Crippen LogP contribution in [-0.2, 0) is 5.60 Å². The van der Waals surface area contributed by atoms with Crippen LogP contribution in [-0.4, -0.2) is 5.11 Å². The predicted octanol–water partition coefficient (Wildman–Crippen LogP) is 3.70. The van der Waals surface area contributed by atoms with Crippen LogP contribution < -0.4 is 0 Å². The lowest BCUT2D eigenvalue weighted by Gasteiger charge is -2.21.